The third-order valence-corrected chi connectivity index (χ3v) is 2.91. The molecular formula is C13H15ClN4O2. The van der Waals surface area contributed by atoms with Crippen molar-refractivity contribution in [2.75, 3.05) is 12.4 Å². The summed E-state index contributed by atoms with van der Waals surface area (Å²) in [6.45, 7) is 0.591. The van der Waals surface area contributed by atoms with Crippen LogP contribution in [0.3, 0.4) is 0 Å². The fourth-order valence-electron chi connectivity index (χ4n) is 1.78. The summed E-state index contributed by atoms with van der Waals surface area (Å²) < 4.78 is 6.74. The molecule has 0 spiro atoms. The Morgan fingerprint density at radius 1 is 1.55 bits per heavy atom. The van der Waals surface area contributed by atoms with Crippen LogP contribution in [0.5, 0.6) is 5.75 Å². The van der Waals surface area contributed by atoms with Crippen LogP contribution in [-0.2, 0) is 17.9 Å². The van der Waals surface area contributed by atoms with Gasteiger partial charge in [-0.3, -0.25) is 9.48 Å². The topological polar surface area (TPSA) is 82.2 Å². The van der Waals surface area contributed by atoms with Gasteiger partial charge in [0.1, 0.15) is 12.3 Å². The number of anilines is 1. The van der Waals surface area contributed by atoms with Gasteiger partial charge in [0, 0.05) is 23.3 Å². The summed E-state index contributed by atoms with van der Waals surface area (Å²) in [5, 5.41) is 7.85. The van der Waals surface area contributed by atoms with E-state index in [-0.39, 0.29) is 6.54 Å². The number of rotatable bonds is 6. The second kappa shape index (κ2) is 6.29. The SMILES string of the molecule is COc1ccc(Cl)cc1CNc1cnn(CC(N)=O)c1. The zero-order chi connectivity index (χ0) is 14.5. The zero-order valence-corrected chi connectivity index (χ0v) is 11.7. The first-order valence-corrected chi connectivity index (χ1v) is 6.33. The average molecular weight is 295 g/mol. The van der Waals surface area contributed by atoms with Gasteiger partial charge in [0.15, 0.2) is 0 Å². The number of amides is 1. The van der Waals surface area contributed by atoms with Crippen LogP contribution >= 0.6 is 11.6 Å². The molecule has 1 aromatic carbocycles. The van der Waals surface area contributed by atoms with Crippen LogP contribution in [0.2, 0.25) is 5.02 Å². The number of carbonyl (C=O) groups excluding carboxylic acids is 1. The molecule has 1 heterocycles. The molecule has 0 saturated heterocycles. The third-order valence-electron chi connectivity index (χ3n) is 2.68. The highest BCUT2D eigenvalue weighted by Gasteiger charge is 2.05. The Balaban J connectivity index is 2.03. The molecule has 1 amide bonds. The van der Waals surface area contributed by atoms with Gasteiger partial charge in [-0.15, -0.1) is 0 Å². The van der Waals surface area contributed by atoms with Crippen molar-refractivity contribution >= 4 is 23.2 Å². The highest BCUT2D eigenvalue weighted by molar-refractivity contribution is 6.30. The van der Waals surface area contributed by atoms with E-state index in [1.165, 1.54) is 4.68 Å². The molecule has 0 fully saturated rings. The molecule has 0 saturated carbocycles. The Kier molecular flexibility index (Phi) is 4.47. The Bertz CT molecular complexity index is 612. The molecule has 0 aliphatic rings. The maximum absolute atomic E-state index is 10.8. The van der Waals surface area contributed by atoms with Crippen molar-refractivity contribution in [2.45, 2.75) is 13.1 Å². The summed E-state index contributed by atoms with van der Waals surface area (Å²) in [5.41, 5.74) is 6.82. The lowest BCUT2D eigenvalue weighted by Gasteiger charge is -2.09. The van der Waals surface area contributed by atoms with E-state index in [0.717, 1.165) is 17.0 Å². The van der Waals surface area contributed by atoms with Gasteiger partial charge in [-0.25, -0.2) is 0 Å². The summed E-state index contributed by atoms with van der Waals surface area (Å²) in [6, 6.07) is 5.42. The maximum atomic E-state index is 10.8. The van der Waals surface area contributed by atoms with Crippen molar-refractivity contribution in [2.24, 2.45) is 5.73 Å². The molecule has 3 N–H and O–H groups in total. The van der Waals surface area contributed by atoms with Crippen LogP contribution in [0.4, 0.5) is 5.69 Å². The quantitative estimate of drug-likeness (QED) is 0.848. The lowest BCUT2D eigenvalue weighted by Crippen LogP contribution is -2.18. The van der Waals surface area contributed by atoms with Gasteiger partial charge in [-0.1, -0.05) is 11.6 Å². The highest BCUT2D eigenvalue weighted by Crippen LogP contribution is 2.23. The smallest absolute Gasteiger partial charge is 0.239 e. The second-order valence-electron chi connectivity index (χ2n) is 4.20. The predicted octanol–water partition coefficient (Wildman–Crippen LogP) is 1.64. The van der Waals surface area contributed by atoms with Crippen molar-refractivity contribution in [3.63, 3.8) is 0 Å². The molecule has 106 valence electrons. The Labute approximate surface area is 121 Å². The molecule has 0 bridgehead atoms. The van der Waals surface area contributed by atoms with E-state index < -0.39 is 5.91 Å². The second-order valence-corrected chi connectivity index (χ2v) is 4.64. The van der Waals surface area contributed by atoms with Crippen LogP contribution in [0.1, 0.15) is 5.56 Å². The molecule has 1 aromatic heterocycles. The molecule has 0 atom stereocenters. The van der Waals surface area contributed by atoms with Gasteiger partial charge in [-0.2, -0.15) is 5.10 Å². The van der Waals surface area contributed by atoms with Gasteiger partial charge in [0.05, 0.1) is 19.0 Å². The maximum Gasteiger partial charge on any atom is 0.239 e. The van der Waals surface area contributed by atoms with E-state index in [9.17, 15) is 4.79 Å². The van der Waals surface area contributed by atoms with E-state index in [1.54, 1.807) is 25.6 Å². The van der Waals surface area contributed by atoms with Crippen LogP contribution in [-0.4, -0.2) is 22.8 Å². The summed E-state index contributed by atoms with van der Waals surface area (Å²) in [4.78, 5) is 10.8. The number of carbonyl (C=O) groups is 1. The van der Waals surface area contributed by atoms with Gasteiger partial charge < -0.3 is 15.8 Å². The molecule has 0 aliphatic carbocycles. The van der Waals surface area contributed by atoms with E-state index in [1.807, 2.05) is 12.1 Å². The lowest BCUT2D eigenvalue weighted by atomic mass is 10.2. The Morgan fingerprint density at radius 3 is 3.05 bits per heavy atom. The first kappa shape index (κ1) is 14.2. The molecule has 0 unspecified atom stereocenters. The number of hydrogen-bond donors (Lipinski definition) is 2. The Morgan fingerprint density at radius 2 is 2.35 bits per heavy atom. The number of benzene rings is 1. The summed E-state index contributed by atoms with van der Waals surface area (Å²) in [6.07, 6.45) is 3.34. The van der Waals surface area contributed by atoms with Crippen LogP contribution in [0.25, 0.3) is 0 Å². The molecule has 20 heavy (non-hydrogen) atoms. The van der Waals surface area contributed by atoms with Gasteiger partial charge >= 0.3 is 0 Å². The number of nitrogens with zero attached hydrogens (tertiary/aromatic N) is 2. The largest absolute Gasteiger partial charge is 0.496 e. The number of aromatic nitrogens is 2. The number of ether oxygens (including phenoxy) is 1. The average Bonchev–Trinajstić information content (AvgIpc) is 2.83. The number of methoxy groups -OCH3 is 1. The molecule has 0 aliphatic heterocycles. The van der Waals surface area contributed by atoms with Crippen molar-refractivity contribution in [1.29, 1.82) is 0 Å². The number of nitrogens with two attached hydrogens (primary N) is 1. The van der Waals surface area contributed by atoms with Gasteiger partial charge in [-0.05, 0) is 18.2 Å². The van der Waals surface area contributed by atoms with Gasteiger partial charge in [0.25, 0.3) is 0 Å². The lowest BCUT2D eigenvalue weighted by molar-refractivity contribution is -0.118. The number of nitrogens with one attached hydrogen (secondary N) is 1. The monoisotopic (exact) mass is 294 g/mol. The minimum atomic E-state index is -0.434. The van der Waals surface area contributed by atoms with Crippen molar-refractivity contribution in [3.8, 4) is 5.75 Å². The molecule has 2 rings (SSSR count). The number of halogens is 1. The highest BCUT2D eigenvalue weighted by atomic mass is 35.5. The summed E-state index contributed by atoms with van der Waals surface area (Å²) in [5.74, 6) is 0.322. The van der Waals surface area contributed by atoms with Crippen molar-refractivity contribution in [1.82, 2.24) is 9.78 Å². The Hall–Kier alpha value is -2.21. The van der Waals surface area contributed by atoms with E-state index >= 15 is 0 Å². The van der Waals surface area contributed by atoms with Crippen LogP contribution in [0, 0.1) is 0 Å². The van der Waals surface area contributed by atoms with Crippen LogP contribution < -0.4 is 15.8 Å². The minimum Gasteiger partial charge on any atom is -0.496 e. The van der Waals surface area contributed by atoms with Crippen LogP contribution in [0.15, 0.2) is 30.6 Å². The number of primary amides is 1. The fourth-order valence-corrected chi connectivity index (χ4v) is 1.98. The standard InChI is InChI=1S/C13H15ClN4O2/c1-20-12-3-2-10(14)4-9(12)5-16-11-6-17-18(7-11)8-13(15)19/h2-4,6-7,16H,5,8H2,1H3,(H2,15,19). The molecular weight excluding hydrogens is 280 g/mol. The van der Waals surface area contributed by atoms with E-state index in [0.29, 0.717) is 11.6 Å². The van der Waals surface area contributed by atoms with E-state index in [4.69, 9.17) is 22.1 Å². The van der Waals surface area contributed by atoms with Gasteiger partial charge in [0.2, 0.25) is 5.91 Å². The summed E-state index contributed by atoms with van der Waals surface area (Å²) >= 11 is 5.97. The normalized spacial score (nSPS) is 10.3. The van der Waals surface area contributed by atoms with E-state index in [2.05, 4.69) is 10.4 Å². The molecule has 2 aromatic rings. The molecule has 7 heteroatoms. The molecule has 0 radical (unpaired) electrons. The first-order valence-electron chi connectivity index (χ1n) is 5.95. The van der Waals surface area contributed by atoms with Crippen molar-refractivity contribution in [3.05, 3.63) is 41.2 Å². The first-order chi connectivity index (χ1) is 9.58. The third kappa shape index (κ3) is 3.64. The molecule has 6 nitrogen and oxygen atoms in total. The fraction of sp³-hybridized carbons (Fsp3) is 0.231. The number of hydrogen-bond acceptors (Lipinski definition) is 4. The summed E-state index contributed by atoms with van der Waals surface area (Å²) in [7, 11) is 1.61. The minimum absolute atomic E-state index is 0.0577. The zero-order valence-electron chi connectivity index (χ0n) is 11.0. The van der Waals surface area contributed by atoms with Crippen molar-refractivity contribution < 1.29 is 9.53 Å². The predicted molar refractivity (Wildman–Crippen MR) is 76.8 cm³/mol.